The van der Waals surface area contributed by atoms with Gasteiger partial charge in [-0.1, -0.05) is 26.0 Å². The highest BCUT2D eigenvalue weighted by atomic mass is 16.7. The number of rotatable bonds is 5. The molecule has 1 atom stereocenters. The zero-order valence-electron chi connectivity index (χ0n) is 10.6. The zero-order chi connectivity index (χ0) is 12.3. The molecule has 17 heavy (non-hydrogen) atoms. The van der Waals surface area contributed by atoms with Crippen LogP contribution in [0.3, 0.4) is 0 Å². The van der Waals surface area contributed by atoms with Crippen LogP contribution in [0.4, 0.5) is 0 Å². The summed E-state index contributed by atoms with van der Waals surface area (Å²) < 4.78 is 10.8. The Morgan fingerprint density at radius 1 is 1.29 bits per heavy atom. The van der Waals surface area contributed by atoms with Gasteiger partial charge in [0.25, 0.3) is 0 Å². The van der Waals surface area contributed by atoms with Gasteiger partial charge >= 0.3 is 0 Å². The van der Waals surface area contributed by atoms with Crippen LogP contribution >= 0.6 is 0 Å². The van der Waals surface area contributed by atoms with Gasteiger partial charge in [-0.05, 0) is 36.8 Å². The summed E-state index contributed by atoms with van der Waals surface area (Å²) >= 11 is 0. The lowest BCUT2D eigenvalue weighted by Gasteiger charge is -2.14. The van der Waals surface area contributed by atoms with Crippen molar-refractivity contribution in [3.8, 4) is 11.5 Å². The Hall–Kier alpha value is -1.22. The smallest absolute Gasteiger partial charge is 0.231 e. The van der Waals surface area contributed by atoms with Gasteiger partial charge in [-0.2, -0.15) is 0 Å². The van der Waals surface area contributed by atoms with Crippen LogP contribution < -0.4 is 15.2 Å². The number of ether oxygens (including phenoxy) is 2. The molecular weight excluding hydrogens is 214 g/mol. The molecule has 2 N–H and O–H groups in total. The minimum Gasteiger partial charge on any atom is -0.454 e. The van der Waals surface area contributed by atoms with Crippen LogP contribution in [0.2, 0.25) is 0 Å². The average Bonchev–Trinajstić information content (AvgIpc) is 2.73. The van der Waals surface area contributed by atoms with E-state index in [9.17, 15) is 0 Å². The number of hydrogen-bond donors (Lipinski definition) is 1. The van der Waals surface area contributed by atoms with Gasteiger partial charge in [0.15, 0.2) is 11.5 Å². The van der Waals surface area contributed by atoms with Crippen LogP contribution in [0.1, 0.15) is 32.3 Å². The number of fused-ring (bicyclic) bond motifs is 1. The highest BCUT2D eigenvalue weighted by Gasteiger charge is 2.17. The number of nitrogens with two attached hydrogens (primary N) is 1. The third-order valence-electron chi connectivity index (χ3n) is 3.04. The lowest BCUT2D eigenvalue weighted by atomic mass is 9.98. The van der Waals surface area contributed by atoms with Gasteiger partial charge in [0.05, 0.1) is 0 Å². The van der Waals surface area contributed by atoms with Crippen LogP contribution in [0.5, 0.6) is 11.5 Å². The van der Waals surface area contributed by atoms with E-state index < -0.39 is 0 Å². The molecule has 2 rings (SSSR count). The van der Waals surface area contributed by atoms with Gasteiger partial charge in [-0.3, -0.25) is 0 Å². The number of hydrogen-bond acceptors (Lipinski definition) is 3. The van der Waals surface area contributed by atoms with Gasteiger partial charge in [0, 0.05) is 6.04 Å². The first kappa shape index (κ1) is 12.2. The largest absolute Gasteiger partial charge is 0.454 e. The maximum absolute atomic E-state index is 6.10. The molecule has 0 spiro atoms. The second-order valence-electron chi connectivity index (χ2n) is 5.08. The lowest BCUT2D eigenvalue weighted by molar-refractivity contribution is 0.173. The highest BCUT2D eigenvalue weighted by molar-refractivity contribution is 5.48. The highest BCUT2D eigenvalue weighted by Crippen LogP contribution is 2.36. The molecule has 0 saturated heterocycles. The molecule has 0 aromatic heterocycles. The Morgan fingerprint density at radius 2 is 2.12 bits per heavy atom. The van der Waals surface area contributed by atoms with Crippen molar-refractivity contribution in [2.45, 2.75) is 39.2 Å². The minimum atomic E-state index is 0.271. The van der Waals surface area contributed by atoms with Gasteiger partial charge in [-0.25, -0.2) is 0 Å². The average molecular weight is 235 g/mol. The van der Waals surface area contributed by atoms with Crippen molar-refractivity contribution in [2.75, 3.05) is 6.79 Å². The number of aryl methyl sites for hydroxylation is 1. The van der Waals surface area contributed by atoms with Crippen molar-refractivity contribution < 1.29 is 9.47 Å². The molecule has 0 fully saturated rings. The summed E-state index contributed by atoms with van der Waals surface area (Å²) in [5, 5.41) is 0. The molecule has 94 valence electrons. The first-order valence-electron chi connectivity index (χ1n) is 6.30. The second kappa shape index (κ2) is 5.41. The topological polar surface area (TPSA) is 44.5 Å². The third kappa shape index (κ3) is 3.13. The van der Waals surface area contributed by atoms with Crippen molar-refractivity contribution in [1.82, 2.24) is 0 Å². The summed E-state index contributed by atoms with van der Waals surface area (Å²) in [7, 11) is 0. The standard InChI is InChI=1S/C14H21NO2/c1-10(2)8-12(15)7-6-11-4-3-5-13-14(11)17-9-16-13/h3-5,10,12H,6-9,15H2,1-2H3. The van der Waals surface area contributed by atoms with E-state index in [0.29, 0.717) is 12.7 Å². The van der Waals surface area contributed by atoms with E-state index >= 15 is 0 Å². The van der Waals surface area contributed by atoms with Gasteiger partial charge in [0.1, 0.15) is 0 Å². The third-order valence-corrected chi connectivity index (χ3v) is 3.04. The number of benzene rings is 1. The monoisotopic (exact) mass is 235 g/mol. The van der Waals surface area contributed by atoms with Crippen molar-refractivity contribution in [1.29, 1.82) is 0 Å². The van der Waals surface area contributed by atoms with Crippen molar-refractivity contribution in [3.05, 3.63) is 23.8 Å². The fourth-order valence-corrected chi connectivity index (χ4v) is 2.25. The summed E-state index contributed by atoms with van der Waals surface area (Å²) in [4.78, 5) is 0. The predicted octanol–water partition coefficient (Wildman–Crippen LogP) is 2.72. The van der Waals surface area contributed by atoms with Crippen molar-refractivity contribution in [2.24, 2.45) is 11.7 Å². The molecule has 0 amide bonds. The Labute approximate surface area is 103 Å². The molecule has 1 heterocycles. The molecule has 3 heteroatoms. The fourth-order valence-electron chi connectivity index (χ4n) is 2.25. The van der Waals surface area contributed by atoms with Crippen molar-refractivity contribution >= 4 is 0 Å². The van der Waals surface area contributed by atoms with E-state index in [1.807, 2.05) is 12.1 Å². The molecule has 1 aromatic carbocycles. The molecule has 1 aliphatic heterocycles. The fraction of sp³-hybridized carbons (Fsp3) is 0.571. The molecule has 1 unspecified atom stereocenters. The predicted molar refractivity (Wildman–Crippen MR) is 68.3 cm³/mol. The molecule has 0 radical (unpaired) electrons. The Balaban J connectivity index is 1.93. The molecule has 0 aliphatic carbocycles. The van der Waals surface area contributed by atoms with Crippen LogP contribution in [0, 0.1) is 5.92 Å². The van der Waals surface area contributed by atoms with E-state index in [0.717, 1.165) is 30.8 Å². The van der Waals surface area contributed by atoms with E-state index in [2.05, 4.69) is 19.9 Å². The van der Waals surface area contributed by atoms with E-state index in [4.69, 9.17) is 15.2 Å². The first-order chi connectivity index (χ1) is 8.16. The van der Waals surface area contributed by atoms with E-state index in [-0.39, 0.29) is 6.04 Å². The lowest BCUT2D eigenvalue weighted by Crippen LogP contribution is -2.22. The summed E-state index contributed by atoms with van der Waals surface area (Å²) in [5.74, 6) is 2.43. The summed E-state index contributed by atoms with van der Waals surface area (Å²) in [6.45, 7) is 4.75. The van der Waals surface area contributed by atoms with E-state index in [1.54, 1.807) is 0 Å². The summed E-state index contributed by atoms with van der Waals surface area (Å²) in [6.07, 6.45) is 3.03. The maximum atomic E-state index is 6.10. The van der Waals surface area contributed by atoms with Gasteiger partial charge in [0.2, 0.25) is 6.79 Å². The quantitative estimate of drug-likeness (QED) is 0.853. The van der Waals surface area contributed by atoms with Gasteiger partial charge in [-0.15, -0.1) is 0 Å². The first-order valence-corrected chi connectivity index (χ1v) is 6.30. The van der Waals surface area contributed by atoms with Crippen LogP contribution in [0.15, 0.2) is 18.2 Å². The minimum absolute atomic E-state index is 0.271. The Morgan fingerprint density at radius 3 is 2.88 bits per heavy atom. The second-order valence-corrected chi connectivity index (χ2v) is 5.08. The molecule has 0 saturated carbocycles. The maximum Gasteiger partial charge on any atom is 0.231 e. The van der Waals surface area contributed by atoms with Crippen LogP contribution in [-0.4, -0.2) is 12.8 Å². The zero-order valence-corrected chi connectivity index (χ0v) is 10.6. The molecule has 1 aliphatic rings. The Kier molecular flexibility index (Phi) is 3.89. The van der Waals surface area contributed by atoms with Gasteiger partial charge < -0.3 is 15.2 Å². The Bertz CT molecular complexity index is 376. The molecule has 1 aromatic rings. The molecular formula is C14H21NO2. The SMILES string of the molecule is CC(C)CC(N)CCc1cccc2c1OCO2. The summed E-state index contributed by atoms with van der Waals surface area (Å²) in [6, 6.07) is 6.32. The van der Waals surface area contributed by atoms with Crippen molar-refractivity contribution in [3.63, 3.8) is 0 Å². The van der Waals surface area contributed by atoms with Crippen LogP contribution in [0.25, 0.3) is 0 Å². The van der Waals surface area contributed by atoms with Crippen LogP contribution in [-0.2, 0) is 6.42 Å². The normalized spacial score (nSPS) is 15.3. The summed E-state index contributed by atoms with van der Waals surface area (Å²) in [5.41, 5.74) is 7.30. The molecule has 3 nitrogen and oxygen atoms in total. The number of para-hydroxylation sites is 1. The van der Waals surface area contributed by atoms with E-state index in [1.165, 1.54) is 5.56 Å². The molecule has 0 bridgehead atoms.